The summed E-state index contributed by atoms with van der Waals surface area (Å²) in [7, 11) is 0. The minimum absolute atomic E-state index is 0.248. The van der Waals surface area contributed by atoms with Gasteiger partial charge in [-0.3, -0.25) is 4.98 Å². The van der Waals surface area contributed by atoms with Crippen LogP contribution in [0.2, 0.25) is 0 Å². The first-order valence-corrected chi connectivity index (χ1v) is 8.05. The Bertz CT molecular complexity index is 534. The summed E-state index contributed by atoms with van der Waals surface area (Å²) in [5.74, 6) is 0.414. The maximum atomic E-state index is 12.0. The van der Waals surface area contributed by atoms with Crippen LogP contribution in [0, 0.1) is 18.3 Å². The lowest BCUT2D eigenvalue weighted by atomic mass is 9.69. The van der Waals surface area contributed by atoms with Gasteiger partial charge in [0.05, 0.1) is 17.9 Å². The van der Waals surface area contributed by atoms with E-state index < -0.39 is 0 Å². The SMILES string of the molecule is CCOC(=O)c1cc2c(nc1C)CCC(C(C)(C)CC)C2. The van der Waals surface area contributed by atoms with Gasteiger partial charge in [-0.25, -0.2) is 4.79 Å². The van der Waals surface area contributed by atoms with Crippen LogP contribution in [-0.2, 0) is 17.6 Å². The van der Waals surface area contributed by atoms with Crippen LogP contribution in [0.25, 0.3) is 0 Å². The topological polar surface area (TPSA) is 39.2 Å². The van der Waals surface area contributed by atoms with E-state index in [1.165, 1.54) is 24.1 Å². The molecule has 2 rings (SSSR count). The summed E-state index contributed by atoms with van der Waals surface area (Å²) in [6, 6.07) is 2.02. The fourth-order valence-electron chi connectivity index (χ4n) is 3.14. The standard InChI is InChI=1S/C18H27NO2/c1-6-18(4,5)14-8-9-16-13(10-14)11-15(12(3)19-16)17(20)21-7-2/h11,14H,6-10H2,1-5H3. The number of nitrogens with zero attached hydrogens (tertiary/aromatic N) is 1. The maximum absolute atomic E-state index is 12.0. The van der Waals surface area contributed by atoms with E-state index in [2.05, 4.69) is 25.8 Å². The van der Waals surface area contributed by atoms with Crippen molar-refractivity contribution in [3.05, 3.63) is 28.6 Å². The third kappa shape index (κ3) is 3.28. The van der Waals surface area contributed by atoms with Crippen LogP contribution in [0.5, 0.6) is 0 Å². The molecular weight excluding hydrogens is 262 g/mol. The molecule has 0 amide bonds. The van der Waals surface area contributed by atoms with Gasteiger partial charge in [-0.05, 0) is 56.1 Å². The summed E-state index contributed by atoms with van der Waals surface area (Å²) in [5, 5.41) is 0. The van der Waals surface area contributed by atoms with Crippen molar-refractivity contribution in [1.82, 2.24) is 4.98 Å². The van der Waals surface area contributed by atoms with Crippen molar-refractivity contribution in [2.24, 2.45) is 11.3 Å². The molecule has 0 bridgehead atoms. The largest absolute Gasteiger partial charge is 0.462 e. The highest BCUT2D eigenvalue weighted by Crippen LogP contribution is 2.39. The van der Waals surface area contributed by atoms with Crippen LogP contribution in [0.15, 0.2) is 6.07 Å². The molecule has 1 aromatic rings. The van der Waals surface area contributed by atoms with E-state index in [0.717, 1.165) is 18.5 Å². The fraction of sp³-hybridized carbons (Fsp3) is 0.667. The monoisotopic (exact) mass is 289 g/mol. The molecule has 3 nitrogen and oxygen atoms in total. The molecule has 1 aliphatic carbocycles. The van der Waals surface area contributed by atoms with Crippen LogP contribution >= 0.6 is 0 Å². The Kier molecular flexibility index (Phi) is 4.70. The highest BCUT2D eigenvalue weighted by Gasteiger charge is 2.32. The van der Waals surface area contributed by atoms with Gasteiger partial charge >= 0.3 is 5.97 Å². The lowest BCUT2D eigenvalue weighted by molar-refractivity contribution is 0.0524. The minimum atomic E-state index is -0.248. The van der Waals surface area contributed by atoms with Crippen molar-refractivity contribution in [1.29, 1.82) is 0 Å². The quantitative estimate of drug-likeness (QED) is 0.783. The number of carbonyl (C=O) groups excluding carboxylic acids is 1. The lowest BCUT2D eigenvalue weighted by Gasteiger charge is -2.37. The van der Waals surface area contributed by atoms with Crippen molar-refractivity contribution >= 4 is 5.97 Å². The molecule has 0 aromatic carbocycles. The van der Waals surface area contributed by atoms with Crippen LogP contribution in [0.4, 0.5) is 0 Å². The fourth-order valence-corrected chi connectivity index (χ4v) is 3.14. The molecule has 0 saturated heterocycles. The molecule has 0 aliphatic heterocycles. The molecule has 1 heterocycles. The Hall–Kier alpha value is -1.38. The van der Waals surface area contributed by atoms with Gasteiger partial charge in [-0.2, -0.15) is 0 Å². The van der Waals surface area contributed by atoms with Crippen LogP contribution in [-0.4, -0.2) is 17.6 Å². The molecule has 3 heteroatoms. The molecule has 0 N–H and O–H groups in total. The Morgan fingerprint density at radius 1 is 1.43 bits per heavy atom. The molecule has 1 unspecified atom stereocenters. The summed E-state index contributed by atoms with van der Waals surface area (Å²) in [6.07, 6.45) is 4.42. The number of aromatic nitrogens is 1. The number of hydrogen-bond donors (Lipinski definition) is 0. The number of carbonyl (C=O) groups is 1. The predicted molar refractivity (Wildman–Crippen MR) is 84.5 cm³/mol. The highest BCUT2D eigenvalue weighted by atomic mass is 16.5. The van der Waals surface area contributed by atoms with Crippen molar-refractivity contribution in [3.63, 3.8) is 0 Å². The molecule has 0 radical (unpaired) electrons. The van der Waals surface area contributed by atoms with E-state index in [-0.39, 0.29) is 5.97 Å². The normalized spacial score (nSPS) is 18.2. The number of ether oxygens (including phenoxy) is 1. The number of hydrogen-bond acceptors (Lipinski definition) is 3. The van der Waals surface area contributed by atoms with Gasteiger partial charge < -0.3 is 4.74 Å². The van der Waals surface area contributed by atoms with Crippen molar-refractivity contribution < 1.29 is 9.53 Å². The Morgan fingerprint density at radius 2 is 2.14 bits per heavy atom. The van der Waals surface area contributed by atoms with Crippen LogP contribution < -0.4 is 0 Å². The second-order valence-corrected chi connectivity index (χ2v) is 6.73. The number of pyridine rings is 1. The number of rotatable bonds is 4. The van der Waals surface area contributed by atoms with Gasteiger partial charge in [-0.15, -0.1) is 0 Å². The molecular formula is C18H27NO2. The van der Waals surface area contributed by atoms with Gasteiger partial charge in [-0.1, -0.05) is 27.2 Å². The van der Waals surface area contributed by atoms with Gasteiger partial charge in [0.2, 0.25) is 0 Å². The first-order valence-electron chi connectivity index (χ1n) is 8.05. The number of esters is 1. The van der Waals surface area contributed by atoms with Gasteiger partial charge in [0.1, 0.15) is 0 Å². The number of aryl methyl sites for hydroxylation is 2. The molecule has 0 spiro atoms. The van der Waals surface area contributed by atoms with Crippen LogP contribution in [0.3, 0.4) is 0 Å². The molecule has 116 valence electrons. The minimum Gasteiger partial charge on any atom is -0.462 e. The Morgan fingerprint density at radius 3 is 2.76 bits per heavy atom. The zero-order valence-corrected chi connectivity index (χ0v) is 14.0. The smallest absolute Gasteiger partial charge is 0.339 e. The predicted octanol–water partition coefficient (Wildman–Crippen LogP) is 4.11. The summed E-state index contributed by atoms with van der Waals surface area (Å²) in [6.45, 7) is 11.1. The first-order chi connectivity index (χ1) is 9.89. The van der Waals surface area contributed by atoms with Crippen LogP contribution in [0.1, 0.15) is 67.8 Å². The molecule has 0 saturated carbocycles. The summed E-state index contributed by atoms with van der Waals surface area (Å²) in [5.41, 5.74) is 4.17. The molecule has 1 aromatic heterocycles. The third-order valence-electron chi connectivity index (χ3n) is 5.09. The zero-order chi connectivity index (χ0) is 15.6. The van der Waals surface area contributed by atoms with Gasteiger partial charge in [0, 0.05) is 5.69 Å². The van der Waals surface area contributed by atoms with E-state index in [4.69, 9.17) is 4.74 Å². The maximum Gasteiger partial charge on any atom is 0.339 e. The number of fused-ring (bicyclic) bond motifs is 1. The lowest BCUT2D eigenvalue weighted by Crippen LogP contribution is -2.29. The summed E-state index contributed by atoms with van der Waals surface area (Å²) in [4.78, 5) is 16.7. The van der Waals surface area contributed by atoms with Gasteiger partial charge in [0.15, 0.2) is 0 Å². The molecule has 1 atom stereocenters. The second kappa shape index (κ2) is 6.17. The van der Waals surface area contributed by atoms with Crippen molar-refractivity contribution in [2.75, 3.05) is 6.61 Å². The zero-order valence-electron chi connectivity index (χ0n) is 14.0. The average molecular weight is 289 g/mol. The molecule has 0 fully saturated rings. The third-order valence-corrected chi connectivity index (χ3v) is 5.09. The molecule has 21 heavy (non-hydrogen) atoms. The summed E-state index contributed by atoms with van der Waals surface area (Å²) >= 11 is 0. The van der Waals surface area contributed by atoms with Crippen molar-refractivity contribution in [3.8, 4) is 0 Å². The van der Waals surface area contributed by atoms with E-state index in [0.29, 0.717) is 23.5 Å². The summed E-state index contributed by atoms with van der Waals surface area (Å²) < 4.78 is 5.14. The van der Waals surface area contributed by atoms with E-state index in [1.807, 2.05) is 19.9 Å². The second-order valence-electron chi connectivity index (χ2n) is 6.73. The highest BCUT2D eigenvalue weighted by molar-refractivity contribution is 5.90. The van der Waals surface area contributed by atoms with E-state index in [9.17, 15) is 4.79 Å². The van der Waals surface area contributed by atoms with E-state index in [1.54, 1.807) is 0 Å². The average Bonchev–Trinajstić information content (AvgIpc) is 2.46. The van der Waals surface area contributed by atoms with E-state index >= 15 is 0 Å². The Labute approximate surface area is 128 Å². The Balaban J connectivity index is 2.30. The first kappa shape index (κ1) is 16.0. The molecule has 1 aliphatic rings. The van der Waals surface area contributed by atoms with Gasteiger partial charge in [0.25, 0.3) is 0 Å². The van der Waals surface area contributed by atoms with Crippen molar-refractivity contribution in [2.45, 2.75) is 60.3 Å².